The van der Waals surface area contributed by atoms with Crippen molar-refractivity contribution in [2.45, 2.75) is 32.7 Å². The first-order valence-corrected chi connectivity index (χ1v) is 5.99. The molecule has 0 amide bonds. The van der Waals surface area contributed by atoms with Crippen molar-refractivity contribution in [2.24, 2.45) is 0 Å². The summed E-state index contributed by atoms with van der Waals surface area (Å²) in [6.45, 7) is 4.39. The minimum absolute atomic E-state index is 0.568. The Morgan fingerprint density at radius 3 is 2.75 bits per heavy atom. The fourth-order valence-corrected chi connectivity index (χ4v) is 2.29. The van der Waals surface area contributed by atoms with Crippen LogP contribution in [0.4, 0.5) is 0 Å². The lowest BCUT2D eigenvalue weighted by Gasteiger charge is -2.13. The van der Waals surface area contributed by atoms with Gasteiger partial charge >= 0.3 is 0 Å². The average Bonchev–Trinajstić information content (AvgIpc) is 2.62. The highest BCUT2D eigenvalue weighted by atomic mass is 14.9. The highest BCUT2D eigenvalue weighted by molar-refractivity contribution is 5.84. The minimum Gasteiger partial charge on any atom is -0.358 e. The normalized spacial score (nSPS) is 13.2. The average molecular weight is 216 g/mol. The zero-order chi connectivity index (χ0) is 11.5. The van der Waals surface area contributed by atoms with Gasteiger partial charge in [-0.1, -0.05) is 25.1 Å². The molecule has 2 N–H and O–H groups in total. The number of para-hydroxylation sites is 1. The van der Waals surface area contributed by atoms with E-state index in [4.69, 9.17) is 0 Å². The molecule has 86 valence electrons. The molecule has 0 aliphatic heterocycles. The molecule has 2 aromatic rings. The molecular formula is C14H20N2. The minimum atomic E-state index is 0.568. The van der Waals surface area contributed by atoms with Crippen molar-refractivity contribution in [3.63, 3.8) is 0 Å². The fourth-order valence-electron chi connectivity index (χ4n) is 2.29. The molecule has 0 radical (unpaired) electrons. The first-order valence-electron chi connectivity index (χ1n) is 5.99. The zero-order valence-electron chi connectivity index (χ0n) is 10.3. The third kappa shape index (κ3) is 1.98. The molecule has 0 aliphatic carbocycles. The monoisotopic (exact) mass is 216 g/mol. The van der Waals surface area contributed by atoms with E-state index in [-0.39, 0.29) is 0 Å². The van der Waals surface area contributed by atoms with Gasteiger partial charge in [0.1, 0.15) is 0 Å². The van der Waals surface area contributed by atoms with E-state index >= 15 is 0 Å². The summed E-state index contributed by atoms with van der Waals surface area (Å²) < 4.78 is 0. The third-order valence-corrected chi connectivity index (χ3v) is 3.38. The van der Waals surface area contributed by atoms with E-state index in [1.165, 1.54) is 22.2 Å². The topological polar surface area (TPSA) is 27.8 Å². The lowest BCUT2D eigenvalue weighted by Crippen LogP contribution is -2.26. The van der Waals surface area contributed by atoms with E-state index in [1.807, 2.05) is 7.05 Å². The van der Waals surface area contributed by atoms with Gasteiger partial charge in [0, 0.05) is 22.6 Å². The van der Waals surface area contributed by atoms with Gasteiger partial charge in [-0.15, -0.1) is 0 Å². The van der Waals surface area contributed by atoms with Gasteiger partial charge in [-0.2, -0.15) is 0 Å². The maximum atomic E-state index is 3.45. The number of benzene rings is 1. The second-order valence-corrected chi connectivity index (χ2v) is 4.37. The lowest BCUT2D eigenvalue weighted by atomic mass is 10.0. The predicted octanol–water partition coefficient (Wildman–Crippen LogP) is 3.02. The van der Waals surface area contributed by atoms with Crippen molar-refractivity contribution in [2.75, 3.05) is 7.05 Å². The van der Waals surface area contributed by atoms with Crippen LogP contribution in [0, 0.1) is 6.92 Å². The third-order valence-electron chi connectivity index (χ3n) is 3.38. The van der Waals surface area contributed by atoms with E-state index in [2.05, 4.69) is 48.4 Å². The Balaban J connectivity index is 2.39. The number of hydrogen-bond acceptors (Lipinski definition) is 1. The summed E-state index contributed by atoms with van der Waals surface area (Å²) in [6, 6.07) is 9.11. The van der Waals surface area contributed by atoms with Crippen molar-refractivity contribution >= 4 is 10.9 Å². The van der Waals surface area contributed by atoms with Gasteiger partial charge in [-0.05, 0) is 38.4 Å². The van der Waals surface area contributed by atoms with Crippen LogP contribution in [0.3, 0.4) is 0 Å². The summed E-state index contributed by atoms with van der Waals surface area (Å²) in [7, 11) is 2.04. The van der Waals surface area contributed by atoms with E-state index in [0.717, 1.165) is 12.8 Å². The summed E-state index contributed by atoms with van der Waals surface area (Å²) >= 11 is 0. The summed E-state index contributed by atoms with van der Waals surface area (Å²) in [6.07, 6.45) is 2.26. The van der Waals surface area contributed by atoms with Crippen LogP contribution in [0.25, 0.3) is 10.9 Å². The number of H-pyrrole nitrogens is 1. The van der Waals surface area contributed by atoms with Gasteiger partial charge in [-0.25, -0.2) is 0 Å². The van der Waals surface area contributed by atoms with Crippen molar-refractivity contribution < 1.29 is 0 Å². The second kappa shape index (κ2) is 4.71. The number of aromatic amines is 1. The van der Waals surface area contributed by atoms with Crippen LogP contribution in [0.2, 0.25) is 0 Å². The maximum Gasteiger partial charge on any atom is 0.0458 e. The molecule has 1 aromatic heterocycles. The van der Waals surface area contributed by atoms with Gasteiger partial charge < -0.3 is 10.3 Å². The zero-order valence-corrected chi connectivity index (χ0v) is 10.3. The molecule has 2 rings (SSSR count). The van der Waals surface area contributed by atoms with E-state index in [0.29, 0.717) is 6.04 Å². The Morgan fingerprint density at radius 1 is 1.31 bits per heavy atom. The molecule has 0 saturated heterocycles. The highest BCUT2D eigenvalue weighted by Gasteiger charge is 2.11. The number of likely N-dealkylation sites (N-methyl/N-ethyl adjacent to an activating group) is 1. The van der Waals surface area contributed by atoms with Gasteiger partial charge in [0.05, 0.1) is 0 Å². The highest BCUT2D eigenvalue weighted by Crippen LogP contribution is 2.23. The Morgan fingerprint density at radius 2 is 2.06 bits per heavy atom. The summed E-state index contributed by atoms with van der Waals surface area (Å²) in [5, 5.41) is 4.74. The van der Waals surface area contributed by atoms with E-state index in [9.17, 15) is 0 Å². The largest absolute Gasteiger partial charge is 0.358 e. The number of aryl methyl sites for hydroxylation is 1. The molecule has 1 atom stereocenters. The fraction of sp³-hybridized carbons (Fsp3) is 0.429. The van der Waals surface area contributed by atoms with Gasteiger partial charge in [-0.3, -0.25) is 0 Å². The van der Waals surface area contributed by atoms with Crippen LogP contribution < -0.4 is 5.32 Å². The summed E-state index contributed by atoms with van der Waals surface area (Å²) in [4.78, 5) is 3.45. The standard InChI is InChI=1S/C14H20N2/c1-4-11(15-3)9-13-10(2)16-14-8-6-5-7-12(13)14/h5-8,11,15-16H,4,9H2,1-3H3/t11-/m1/s1. The van der Waals surface area contributed by atoms with Gasteiger partial charge in [0.15, 0.2) is 0 Å². The SMILES string of the molecule is CC[C@H](Cc1c(C)[nH]c2ccccc12)NC. The van der Waals surface area contributed by atoms with Crippen molar-refractivity contribution in [3.05, 3.63) is 35.5 Å². The summed E-state index contributed by atoms with van der Waals surface area (Å²) in [5.41, 5.74) is 4.01. The van der Waals surface area contributed by atoms with Crippen LogP contribution in [0.15, 0.2) is 24.3 Å². The number of nitrogens with one attached hydrogen (secondary N) is 2. The molecular weight excluding hydrogens is 196 g/mol. The lowest BCUT2D eigenvalue weighted by molar-refractivity contribution is 0.543. The quantitative estimate of drug-likeness (QED) is 0.808. The Labute approximate surface area is 97.1 Å². The molecule has 16 heavy (non-hydrogen) atoms. The predicted molar refractivity (Wildman–Crippen MR) is 69.9 cm³/mol. The van der Waals surface area contributed by atoms with Gasteiger partial charge in [0.25, 0.3) is 0 Å². The number of rotatable bonds is 4. The molecule has 1 aromatic carbocycles. The smallest absolute Gasteiger partial charge is 0.0458 e. The summed E-state index contributed by atoms with van der Waals surface area (Å²) in [5.74, 6) is 0. The Hall–Kier alpha value is -1.28. The molecule has 1 heterocycles. The van der Waals surface area contributed by atoms with Gasteiger partial charge in [0.2, 0.25) is 0 Å². The van der Waals surface area contributed by atoms with E-state index < -0.39 is 0 Å². The molecule has 0 aliphatic rings. The molecule has 0 spiro atoms. The molecule has 0 fully saturated rings. The van der Waals surface area contributed by atoms with Crippen LogP contribution in [0.5, 0.6) is 0 Å². The number of aromatic nitrogens is 1. The molecule has 0 bridgehead atoms. The molecule has 0 unspecified atom stereocenters. The number of hydrogen-bond donors (Lipinski definition) is 2. The molecule has 2 nitrogen and oxygen atoms in total. The van der Waals surface area contributed by atoms with E-state index in [1.54, 1.807) is 0 Å². The Bertz CT molecular complexity index is 467. The number of fused-ring (bicyclic) bond motifs is 1. The Kier molecular flexibility index (Phi) is 3.30. The first-order chi connectivity index (χ1) is 7.76. The van der Waals surface area contributed by atoms with Crippen molar-refractivity contribution in [1.82, 2.24) is 10.3 Å². The second-order valence-electron chi connectivity index (χ2n) is 4.37. The van der Waals surface area contributed by atoms with Crippen molar-refractivity contribution in [1.29, 1.82) is 0 Å². The molecule has 2 heteroatoms. The van der Waals surface area contributed by atoms with Crippen LogP contribution in [-0.2, 0) is 6.42 Å². The molecule has 0 saturated carbocycles. The maximum absolute atomic E-state index is 3.45. The van der Waals surface area contributed by atoms with Crippen LogP contribution in [0.1, 0.15) is 24.6 Å². The van der Waals surface area contributed by atoms with Crippen LogP contribution in [-0.4, -0.2) is 18.1 Å². The first kappa shape index (κ1) is 11.2. The van der Waals surface area contributed by atoms with Crippen LogP contribution >= 0.6 is 0 Å². The van der Waals surface area contributed by atoms with Crippen molar-refractivity contribution in [3.8, 4) is 0 Å².